The molecule has 0 aromatic heterocycles. The quantitative estimate of drug-likeness (QED) is 0.680. The minimum Gasteiger partial charge on any atom is -0.497 e. The van der Waals surface area contributed by atoms with E-state index >= 15 is 0 Å². The van der Waals surface area contributed by atoms with Gasteiger partial charge in [0, 0.05) is 45.2 Å². The summed E-state index contributed by atoms with van der Waals surface area (Å²) >= 11 is 0. The lowest BCUT2D eigenvalue weighted by Crippen LogP contribution is -2.50. The van der Waals surface area contributed by atoms with Crippen LogP contribution in [0.2, 0.25) is 0 Å². The predicted molar refractivity (Wildman–Crippen MR) is 98.1 cm³/mol. The number of hydrogen-bond acceptors (Lipinski definition) is 6. The number of benzene rings is 1. The second-order valence-corrected chi connectivity index (χ2v) is 8.26. The number of piperazine rings is 1. The van der Waals surface area contributed by atoms with Gasteiger partial charge in [-0.3, -0.25) is 4.79 Å². The fourth-order valence-electron chi connectivity index (χ4n) is 2.78. The normalized spacial score (nSPS) is 16.0. The molecule has 1 aliphatic heterocycles. The van der Waals surface area contributed by atoms with Crippen molar-refractivity contribution in [1.29, 1.82) is 0 Å². The lowest BCUT2D eigenvalue weighted by molar-refractivity contribution is -0.132. The Kier molecular flexibility index (Phi) is 6.85. The van der Waals surface area contributed by atoms with Gasteiger partial charge in [-0.15, -0.1) is 0 Å². The van der Waals surface area contributed by atoms with Crippen LogP contribution in [0.15, 0.2) is 23.1 Å². The summed E-state index contributed by atoms with van der Waals surface area (Å²) in [6, 6.07) is 4.63. The molecule has 0 aliphatic carbocycles. The minimum atomic E-state index is -3.70. The molecule has 1 heterocycles. The van der Waals surface area contributed by atoms with Crippen LogP contribution in [-0.2, 0) is 14.8 Å². The van der Waals surface area contributed by atoms with Crippen LogP contribution in [0.5, 0.6) is 11.5 Å². The summed E-state index contributed by atoms with van der Waals surface area (Å²) < 4.78 is 37.6. The number of ether oxygens (including phenoxy) is 2. The Hall–Kier alpha value is -1.84. The average molecular weight is 385 g/mol. The van der Waals surface area contributed by atoms with Gasteiger partial charge in [-0.2, -0.15) is 4.31 Å². The monoisotopic (exact) mass is 385 g/mol. The third kappa shape index (κ3) is 4.66. The topological polar surface area (TPSA) is 79.4 Å². The molecular weight excluding hydrogens is 358 g/mol. The van der Waals surface area contributed by atoms with Gasteiger partial charge in [-0.05, 0) is 26.2 Å². The van der Waals surface area contributed by atoms with Crippen molar-refractivity contribution in [2.24, 2.45) is 0 Å². The molecule has 0 radical (unpaired) electrons. The summed E-state index contributed by atoms with van der Waals surface area (Å²) in [5.41, 5.74) is 0. The second kappa shape index (κ2) is 8.70. The molecule has 1 fully saturated rings. The first-order chi connectivity index (χ1) is 12.3. The molecule has 26 heavy (non-hydrogen) atoms. The molecule has 0 saturated carbocycles. The average Bonchev–Trinajstić information content (AvgIpc) is 2.65. The molecule has 2 rings (SSSR count). The van der Waals surface area contributed by atoms with E-state index in [-0.39, 0.29) is 29.6 Å². The maximum absolute atomic E-state index is 13.0. The molecule has 0 unspecified atom stereocenters. The molecular formula is C17H27N3O5S. The largest absolute Gasteiger partial charge is 0.497 e. The predicted octanol–water partition coefficient (Wildman–Crippen LogP) is 0.488. The van der Waals surface area contributed by atoms with E-state index in [9.17, 15) is 13.2 Å². The van der Waals surface area contributed by atoms with Crippen LogP contribution < -0.4 is 9.47 Å². The van der Waals surface area contributed by atoms with Crippen molar-refractivity contribution >= 4 is 15.9 Å². The van der Waals surface area contributed by atoms with E-state index in [1.165, 1.54) is 24.6 Å². The zero-order chi connectivity index (χ0) is 19.3. The highest BCUT2D eigenvalue weighted by Gasteiger charge is 2.32. The Balaban J connectivity index is 2.07. The maximum atomic E-state index is 13.0. The van der Waals surface area contributed by atoms with E-state index in [0.29, 0.717) is 31.8 Å². The van der Waals surface area contributed by atoms with Gasteiger partial charge in [0.2, 0.25) is 15.9 Å². The van der Waals surface area contributed by atoms with Crippen molar-refractivity contribution in [1.82, 2.24) is 14.1 Å². The molecule has 8 nitrogen and oxygen atoms in total. The van der Waals surface area contributed by atoms with Gasteiger partial charge >= 0.3 is 0 Å². The summed E-state index contributed by atoms with van der Waals surface area (Å²) in [6.07, 6.45) is 0.437. The van der Waals surface area contributed by atoms with E-state index in [1.54, 1.807) is 17.0 Å². The summed E-state index contributed by atoms with van der Waals surface area (Å²) in [5.74, 6) is 0.823. The number of rotatable bonds is 7. The van der Waals surface area contributed by atoms with E-state index < -0.39 is 10.0 Å². The molecule has 0 bridgehead atoms. The Morgan fingerprint density at radius 3 is 2.31 bits per heavy atom. The van der Waals surface area contributed by atoms with Gasteiger partial charge in [-0.1, -0.05) is 0 Å². The molecule has 0 N–H and O–H groups in total. The number of carbonyl (C=O) groups excluding carboxylic acids is 1. The fourth-order valence-corrected chi connectivity index (χ4v) is 4.34. The molecule has 0 atom stereocenters. The zero-order valence-corrected chi connectivity index (χ0v) is 16.6. The number of sulfonamides is 1. The Labute approximate surface area is 155 Å². The van der Waals surface area contributed by atoms with Crippen LogP contribution >= 0.6 is 0 Å². The second-order valence-electron chi connectivity index (χ2n) is 6.35. The SMILES string of the molecule is COc1ccc(S(=O)(=O)N2CCN(C(=O)CCN(C)C)CC2)c(OC)c1. The first-order valence-electron chi connectivity index (χ1n) is 8.44. The number of amides is 1. The smallest absolute Gasteiger partial charge is 0.246 e. The maximum Gasteiger partial charge on any atom is 0.246 e. The molecule has 9 heteroatoms. The summed E-state index contributed by atoms with van der Waals surface area (Å²) in [4.78, 5) is 16.0. The Morgan fingerprint density at radius 1 is 1.12 bits per heavy atom. The van der Waals surface area contributed by atoms with Crippen LogP contribution in [-0.4, -0.2) is 89.5 Å². The van der Waals surface area contributed by atoms with Crippen molar-refractivity contribution in [3.05, 3.63) is 18.2 Å². The Bertz CT molecular complexity index is 728. The molecule has 1 amide bonds. The minimum absolute atomic E-state index is 0.0535. The highest BCUT2D eigenvalue weighted by molar-refractivity contribution is 7.89. The van der Waals surface area contributed by atoms with Crippen LogP contribution in [0.3, 0.4) is 0 Å². The Morgan fingerprint density at radius 2 is 1.77 bits per heavy atom. The van der Waals surface area contributed by atoms with Crippen LogP contribution in [0.1, 0.15) is 6.42 Å². The third-order valence-electron chi connectivity index (χ3n) is 4.35. The summed E-state index contributed by atoms with van der Waals surface area (Å²) in [6.45, 7) is 2.00. The van der Waals surface area contributed by atoms with Gasteiger partial charge in [0.05, 0.1) is 14.2 Å². The molecule has 1 aromatic rings. The van der Waals surface area contributed by atoms with Crippen molar-refractivity contribution < 1.29 is 22.7 Å². The third-order valence-corrected chi connectivity index (χ3v) is 6.29. The summed E-state index contributed by atoms with van der Waals surface area (Å²) in [7, 11) is 3.07. The van der Waals surface area contributed by atoms with Crippen molar-refractivity contribution in [3.8, 4) is 11.5 Å². The molecule has 146 valence electrons. The highest BCUT2D eigenvalue weighted by Crippen LogP contribution is 2.31. The summed E-state index contributed by atoms with van der Waals surface area (Å²) in [5, 5.41) is 0. The van der Waals surface area contributed by atoms with Crippen molar-refractivity contribution in [2.75, 3.05) is 61.0 Å². The molecule has 1 aromatic carbocycles. The van der Waals surface area contributed by atoms with Crippen LogP contribution in [0, 0.1) is 0 Å². The van der Waals surface area contributed by atoms with Gasteiger partial charge in [-0.25, -0.2) is 8.42 Å². The van der Waals surface area contributed by atoms with E-state index in [0.717, 1.165) is 0 Å². The van der Waals surface area contributed by atoms with Crippen LogP contribution in [0.25, 0.3) is 0 Å². The van der Waals surface area contributed by atoms with E-state index in [1.807, 2.05) is 19.0 Å². The number of hydrogen-bond donors (Lipinski definition) is 0. The number of carbonyl (C=O) groups is 1. The number of nitrogens with zero attached hydrogens (tertiary/aromatic N) is 3. The molecule has 0 spiro atoms. The van der Waals surface area contributed by atoms with Gasteiger partial charge < -0.3 is 19.3 Å². The van der Waals surface area contributed by atoms with Gasteiger partial charge in [0.1, 0.15) is 16.4 Å². The van der Waals surface area contributed by atoms with Gasteiger partial charge in [0.25, 0.3) is 0 Å². The van der Waals surface area contributed by atoms with E-state index in [2.05, 4.69) is 0 Å². The zero-order valence-electron chi connectivity index (χ0n) is 15.8. The molecule has 1 aliphatic rings. The lowest BCUT2D eigenvalue weighted by atomic mass is 10.3. The van der Waals surface area contributed by atoms with E-state index in [4.69, 9.17) is 9.47 Å². The lowest BCUT2D eigenvalue weighted by Gasteiger charge is -2.34. The fraction of sp³-hybridized carbons (Fsp3) is 0.588. The number of methoxy groups -OCH3 is 2. The standard InChI is InChI=1S/C17H27N3O5S/c1-18(2)8-7-17(21)19-9-11-20(12-10-19)26(22,23)16-6-5-14(24-3)13-15(16)25-4/h5-6,13H,7-12H2,1-4H3. The first kappa shape index (κ1) is 20.5. The first-order valence-corrected chi connectivity index (χ1v) is 9.88. The van der Waals surface area contributed by atoms with Crippen molar-refractivity contribution in [3.63, 3.8) is 0 Å². The molecule has 1 saturated heterocycles. The van der Waals surface area contributed by atoms with Crippen LogP contribution in [0.4, 0.5) is 0 Å². The highest BCUT2D eigenvalue weighted by atomic mass is 32.2. The van der Waals surface area contributed by atoms with Gasteiger partial charge in [0.15, 0.2) is 0 Å². The van der Waals surface area contributed by atoms with Crippen molar-refractivity contribution in [2.45, 2.75) is 11.3 Å².